The fourth-order valence-electron chi connectivity index (χ4n) is 4.75. The van der Waals surface area contributed by atoms with Crippen LogP contribution in [0.4, 0.5) is 13.2 Å². The zero-order valence-corrected chi connectivity index (χ0v) is 15.8. The highest BCUT2D eigenvalue weighted by Crippen LogP contribution is 2.61. The number of guanidine groups is 1. The minimum Gasteiger partial charge on any atom is -0.381 e. The molecule has 4 rings (SSSR count). The number of hydroxylamine groups is 2. The van der Waals surface area contributed by atoms with Crippen molar-refractivity contribution in [3.8, 4) is 11.8 Å². The van der Waals surface area contributed by atoms with Crippen molar-refractivity contribution in [3.05, 3.63) is 34.9 Å². The van der Waals surface area contributed by atoms with E-state index in [1.807, 2.05) is 6.07 Å². The van der Waals surface area contributed by atoms with E-state index in [0.29, 0.717) is 0 Å². The highest BCUT2D eigenvalue weighted by atomic mass is 19.4. The first-order valence-electron chi connectivity index (χ1n) is 9.22. The summed E-state index contributed by atoms with van der Waals surface area (Å²) in [5.74, 6) is 3.80. The minimum atomic E-state index is -4.54. The minimum absolute atomic E-state index is 0.194. The molecule has 2 spiro atoms. The molecular formula is C20H22F3N3O2. The number of ether oxygens (including phenoxy) is 1. The fourth-order valence-corrected chi connectivity index (χ4v) is 4.75. The normalized spacial score (nSPS) is 31.7. The van der Waals surface area contributed by atoms with Crippen LogP contribution >= 0.6 is 0 Å². The van der Waals surface area contributed by atoms with Crippen molar-refractivity contribution in [2.45, 2.75) is 50.1 Å². The van der Waals surface area contributed by atoms with Gasteiger partial charge in [0.1, 0.15) is 0 Å². The number of benzene rings is 1. The maximum atomic E-state index is 12.5. The largest absolute Gasteiger partial charge is 0.458 e. The lowest BCUT2D eigenvalue weighted by Crippen LogP contribution is -2.46. The van der Waals surface area contributed by atoms with Gasteiger partial charge in [-0.15, -0.1) is 0 Å². The monoisotopic (exact) mass is 393 g/mol. The van der Waals surface area contributed by atoms with Crippen LogP contribution in [-0.2, 0) is 21.7 Å². The molecule has 3 aliphatic rings. The van der Waals surface area contributed by atoms with Gasteiger partial charge >= 0.3 is 6.18 Å². The van der Waals surface area contributed by atoms with Crippen LogP contribution in [0.5, 0.6) is 0 Å². The van der Waals surface area contributed by atoms with Gasteiger partial charge in [-0.25, -0.2) is 14.9 Å². The van der Waals surface area contributed by atoms with Gasteiger partial charge in [-0.05, 0) is 49.8 Å². The van der Waals surface area contributed by atoms with Gasteiger partial charge in [0.25, 0.3) is 0 Å². The van der Waals surface area contributed by atoms with Crippen LogP contribution in [0, 0.1) is 17.3 Å². The summed E-state index contributed by atoms with van der Waals surface area (Å²) in [7, 11) is 3.40. The smallest absolute Gasteiger partial charge is 0.381 e. The van der Waals surface area contributed by atoms with Crippen molar-refractivity contribution in [1.82, 2.24) is 5.06 Å². The molecule has 150 valence electrons. The second kappa shape index (κ2) is 6.39. The number of fused-ring (bicyclic) bond motifs is 3. The van der Waals surface area contributed by atoms with Crippen molar-refractivity contribution < 1.29 is 22.7 Å². The number of hydrogen-bond donors (Lipinski definition) is 1. The molecule has 1 fully saturated rings. The maximum absolute atomic E-state index is 12.5. The molecule has 0 aromatic heterocycles. The molecule has 5 nitrogen and oxygen atoms in total. The molecular weight excluding hydrogens is 371 g/mol. The molecule has 2 N–H and O–H groups in total. The van der Waals surface area contributed by atoms with Crippen LogP contribution in [0.3, 0.4) is 0 Å². The second-order valence-corrected chi connectivity index (χ2v) is 7.71. The summed E-state index contributed by atoms with van der Waals surface area (Å²) in [6.07, 6.45) is -0.215. The van der Waals surface area contributed by atoms with Gasteiger partial charge in [0.2, 0.25) is 11.7 Å². The van der Waals surface area contributed by atoms with Crippen LogP contribution in [-0.4, -0.2) is 37.5 Å². The van der Waals surface area contributed by atoms with E-state index in [4.69, 9.17) is 20.3 Å². The molecule has 8 heteroatoms. The van der Waals surface area contributed by atoms with Crippen molar-refractivity contribution in [1.29, 1.82) is 0 Å². The van der Waals surface area contributed by atoms with E-state index in [0.717, 1.165) is 43.2 Å². The van der Waals surface area contributed by atoms with Gasteiger partial charge in [-0.2, -0.15) is 13.2 Å². The Morgan fingerprint density at radius 3 is 2.61 bits per heavy atom. The number of methoxy groups -OCH3 is 1. The molecule has 2 aliphatic carbocycles. The van der Waals surface area contributed by atoms with E-state index in [9.17, 15) is 13.2 Å². The Bertz CT molecular complexity index is 879. The molecule has 0 amide bonds. The summed E-state index contributed by atoms with van der Waals surface area (Å²) in [4.78, 5) is 10.9. The summed E-state index contributed by atoms with van der Waals surface area (Å²) < 4.78 is 43.0. The van der Waals surface area contributed by atoms with E-state index in [1.165, 1.54) is 11.0 Å². The van der Waals surface area contributed by atoms with Gasteiger partial charge < -0.3 is 10.5 Å². The highest BCUT2D eigenvalue weighted by Gasteiger charge is 2.63. The van der Waals surface area contributed by atoms with Crippen LogP contribution in [0.25, 0.3) is 0 Å². The molecule has 0 saturated heterocycles. The molecule has 1 heterocycles. The quantitative estimate of drug-likeness (QED) is 0.745. The van der Waals surface area contributed by atoms with Crippen LogP contribution in [0.1, 0.15) is 42.4 Å². The number of nitrogens with two attached hydrogens (primary N) is 1. The summed E-state index contributed by atoms with van der Waals surface area (Å²) in [6, 6.07) is 5.13. The van der Waals surface area contributed by atoms with Gasteiger partial charge in [-0.1, -0.05) is 12.0 Å². The molecule has 1 aromatic rings. The van der Waals surface area contributed by atoms with E-state index < -0.39 is 11.9 Å². The Morgan fingerprint density at radius 1 is 1.32 bits per heavy atom. The maximum Gasteiger partial charge on any atom is 0.458 e. The number of rotatable bonds is 1. The van der Waals surface area contributed by atoms with Gasteiger partial charge in [0, 0.05) is 36.6 Å². The Morgan fingerprint density at radius 2 is 2.04 bits per heavy atom. The Balaban J connectivity index is 1.79. The SMILES string of the molecule is COC1CCC2(CC1)Cc1ccc(C#CC(F)(F)F)cc1C21N=C(N)N(C)O1. The van der Waals surface area contributed by atoms with Crippen molar-refractivity contribution in [3.63, 3.8) is 0 Å². The average molecular weight is 393 g/mol. The topological polar surface area (TPSA) is 60.1 Å². The number of hydrogen-bond acceptors (Lipinski definition) is 5. The van der Waals surface area contributed by atoms with Crippen LogP contribution < -0.4 is 5.73 Å². The number of aliphatic imine (C=N–C) groups is 1. The van der Waals surface area contributed by atoms with E-state index in [2.05, 4.69) is 5.92 Å². The first-order chi connectivity index (χ1) is 13.2. The lowest BCUT2D eigenvalue weighted by molar-refractivity contribution is -0.232. The Kier molecular flexibility index (Phi) is 4.36. The molecule has 1 aromatic carbocycles. The summed E-state index contributed by atoms with van der Waals surface area (Å²) >= 11 is 0. The van der Waals surface area contributed by atoms with Gasteiger partial charge in [0.05, 0.1) is 6.10 Å². The van der Waals surface area contributed by atoms with E-state index in [-0.39, 0.29) is 23.0 Å². The molecule has 1 unspecified atom stereocenters. The summed E-state index contributed by atoms with van der Waals surface area (Å²) in [5, 5.41) is 1.44. The highest BCUT2D eigenvalue weighted by molar-refractivity contribution is 5.79. The van der Waals surface area contributed by atoms with Crippen molar-refractivity contribution in [2.24, 2.45) is 16.1 Å². The molecule has 1 aliphatic heterocycles. The third kappa shape index (κ3) is 2.93. The van der Waals surface area contributed by atoms with E-state index >= 15 is 0 Å². The van der Waals surface area contributed by atoms with Gasteiger partial charge in [0.15, 0.2) is 0 Å². The second-order valence-electron chi connectivity index (χ2n) is 7.71. The zero-order chi connectivity index (χ0) is 20.2. The summed E-state index contributed by atoms with van der Waals surface area (Å²) in [5.41, 5.74) is 6.75. The number of alkyl halides is 3. The summed E-state index contributed by atoms with van der Waals surface area (Å²) in [6.45, 7) is 0. The molecule has 1 atom stereocenters. The Labute approximate surface area is 161 Å². The van der Waals surface area contributed by atoms with Gasteiger partial charge in [-0.3, -0.25) is 0 Å². The fraction of sp³-hybridized carbons (Fsp3) is 0.550. The average Bonchev–Trinajstić information content (AvgIpc) is 3.08. The molecule has 1 saturated carbocycles. The molecule has 28 heavy (non-hydrogen) atoms. The molecule has 0 bridgehead atoms. The number of halogens is 3. The van der Waals surface area contributed by atoms with Crippen molar-refractivity contribution >= 4 is 5.96 Å². The zero-order valence-electron chi connectivity index (χ0n) is 15.8. The first-order valence-corrected chi connectivity index (χ1v) is 9.22. The Hall–Kier alpha value is -2.24. The lowest BCUT2D eigenvalue weighted by Gasteiger charge is -2.45. The van der Waals surface area contributed by atoms with Crippen molar-refractivity contribution in [2.75, 3.05) is 14.2 Å². The first kappa shape index (κ1) is 19.1. The predicted octanol–water partition coefficient (Wildman–Crippen LogP) is 3.08. The van der Waals surface area contributed by atoms with E-state index in [1.54, 1.807) is 26.3 Å². The third-order valence-corrected chi connectivity index (χ3v) is 6.16. The van der Waals surface area contributed by atoms with Crippen LogP contribution in [0.15, 0.2) is 23.2 Å². The van der Waals surface area contributed by atoms with Crippen LogP contribution in [0.2, 0.25) is 0 Å². The number of nitrogens with zero attached hydrogens (tertiary/aromatic N) is 2. The third-order valence-electron chi connectivity index (χ3n) is 6.16. The predicted molar refractivity (Wildman–Crippen MR) is 96.9 cm³/mol. The standard InChI is InChI=1S/C20H22F3N3O2/c1-26-17(24)25-20(28-26)16-11-13(5-10-19(21,22)23)3-4-14(16)12-18(20)8-6-15(27-2)7-9-18/h3-4,11,15H,6-9,12H2,1-2H3,(H2,24,25). The molecule has 0 radical (unpaired) electrons. The lowest BCUT2D eigenvalue weighted by atomic mass is 9.66.